The highest BCUT2D eigenvalue weighted by Gasteiger charge is 2.12. The summed E-state index contributed by atoms with van der Waals surface area (Å²) in [6.45, 7) is 4.64. The average Bonchev–Trinajstić information content (AvgIpc) is 2.69. The summed E-state index contributed by atoms with van der Waals surface area (Å²) in [5.74, 6) is 3.08. The summed E-state index contributed by atoms with van der Waals surface area (Å²) in [6.07, 6.45) is 3.99. The van der Waals surface area contributed by atoms with Crippen LogP contribution in [0.1, 0.15) is 33.1 Å². The fourth-order valence-corrected chi connectivity index (χ4v) is 3.32. The van der Waals surface area contributed by atoms with Crippen molar-refractivity contribution in [3.05, 3.63) is 34.7 Å². The van der Waals surface area contributed by atoms with Crippen molar-refractivity contribution in [2.75, 3.05) is 0 Å². The number of hydrogen-bond acceptors (Lipinski definition) is 0. The number of fused-ring (bicyclic) bond motifs is 1. The van der Waals surface area contributed by atoms with Crippen LogP contribution in [-0.4, -0.2) is 0 Å². The Hall–Kier alpha value is -0.610. The van der Waals surface area contributed by atoms with Gasteiger partial charge in [0.05, 0.1) is 0 Å². The van der Waals surface area contributed by atoms with Crippen LogP contribution in [0.15, 0.2) is 24.3 Å². The van der Waals surface area contributed by atoms with Crippen LogP contribution in [0.2, 0.25) is 0 Å². The average molecular weight is 217 g/mol. The lowest BCUT2D eigenvalue weighted by atomic mass is 10.0. The van der Waals surface area contributed by atoms with Crippen LogP contribution >= 0.6 is 8.58 Å². The monoisotopic (exact) mass is 217 g/mol. The summed E-state index contributed by atoms with van der Waals surface area (Å²) in [4.78, 5) is 0. The van der Waals surface area contributed by atoms with Crippen LogP contribution in [0.3, 0.4) is 0 Å². The van der Waals surface area contributed by atoms with Crippen LogP contribution in [0.5, 0.6) is 0 Å². The molecule has 0 aliphatic carbocycles. The molecular weight excluding hydrogens is 199 g/mol. The van der Waals surface area contributed by atoms with Gasteiger partial charge in [-0.2, -0.15) is 0 Å². The summed E-state index contributed by atoms with van der Waals surface area (Å²) in [5, 5.41) is 4.54. The van der Waals surface area contributed by atoms with Gasteiger partial charge in [0.15, 0.2) is 0 Å². The molecule has 0 N–H and O–H groups in total. The van der Waals surface area contributed by atoms with Gasteiger partial charge >= 0.3 is 0 Å². The molecule has 1 atom stereocenters. The normalized spacial score (nSPS) is 17.6. The topological polar surface area (TPSA) is 0 Å². The second kappa shape index (κ2) is 4.94. The molecule has 2 rings (SSSR count). The Kier molecular flexibility index (Phi) is 3.59. The van der Waals surface area contributed by atoms with E-state index >= 15 is 0 Å². The van der Waals surface area contributed by atoms with Gasteiger partial charge in [-0.25, -0.2) is 0 Å². The molecule has 0 spiro atoms. The minimum atomic E-state index is 0.742. The zero-order valence-corrected chi connectivity index (χ0v) is 10.4. The maximum Gasteiger partial charge on any atom is -0.0137 e. The van der Waals surface area contributed by atoms with Gasteiger partial charge in [-0.15, -0.1) is 0 Å². The van der Waals surface area contributed by atoms with Gasteiger partial charge < -0.3 is 0 Å². The second-order valence-electron chi connectivity index (χ2n) is 4.27. The van der Waals surface area contributed by atoms with E-state index in [9.17, 15) is 0 Å². The predicted molar refractivity (Wildman–Crippen MR) is 69.2 cm³/mol. The van der Waals surface area contributed by atoms with E-state index in [2.05, 4.69) is 43.9 Å². The van der Waals surface area contributed by atoms with Crippen LogP contribution < -0.4 is 10.4 Å². The molecule has 0 saturated heterocycles. The third-order valence-electron chi connectivity index (χ3n) is 3.04. The molecular formula is C14H18P. The number of benzene rings is 1. The molecule has 1 aromatic carbocycles. The minimum absolute atomic E-state index is 0.742. The van der Waals surface area contributed by atoms with E-state index in [1.165, 1.54) is 38.3 Å². The Morgan fingerprint density at radius 3 is 2.87 bits per heavy atom. The maximum absolute atomic E-state index is 2.37. The Labute approximate surface area is 93.9 Å². The van der Waals surface area contributed by atoms with E-state index in [1.54, 1.807) is 5.31 Å². The molecule has 0 aromatic heterocycles. The highest BCUT2D eigenvalue weighted by molar-refractivity contribution is 7.58. The third kappa shape index (κ3) is 2.32. The van der Waals surface area contributed by atoms with Gasteiger partial charge in [0.25, 0.3) is 0 Å². The lowest BCUT2D eigenvalue weighted by molar-refractivity contribution is 0.617. The van der Waals surface area contributed by atoms with E-state index in [-0.39, 0.29) is 0 Å². The molecule has 0 nitrogen and oxygen atoms in total. The molecule has 1 radical (unpaired) electrons. The summed E-state index contributed by atoms with van der Waals surface area (Å²) in [7, 11) is 1.42. The van der Waals surface area contributed by atoms with Crippen molar-refractivity contribution < 1.29 is 0 Å². The number of hydrogen-bond donors (Lipinski definition) is 0. The van der Waals surface area contributed by atoms with Gasteiger partial charge in [-0.1, -0.05) is 51.0 Å². The Morgan fingerprint density at radius 2 is 2.07 bits per heavy atom. The Bertz CT molecular complexity index is 445. The SMILES string of the molecule is CCCCC(C)C1=c2ccccc2=C[P]1. The molecule has 0 bridgehead atoms. The fourth-order valence-electron chi connectivity index (χ4n) is 2.09. The maximum atomic E-state index is 2.37. The van der Waals surface area contributed by atoms with Crippen LogP contribution in [0.4, 0.5) is 0 Å². The van der Waals surface area contributed by atoms with E-state index < -0.39 is 0 Å². The van der Waals surface area contributed by atoms with Gasteiger partial charge in [0.2, 0.25) is 0 Å². The van der Waals surface area contributed by atoms with Crippen molar-refractivity contribution in [3.63, 3.8) is 0 Å². The highest BCUT2D eigenvalue weighted by atomic mass is 31.1. The van der Waals surface area contributed by atoms with Gasteiger partial charge in [0, 0.05) is 0 Å². The third-order valence-corrected chi connectivity index (χ3v) is 4.40. The van der Waals surface area contributed by atoms with Gasteiger partial charge in [-0.3, -0.25) is 0 Å². The lowest BCUT2D eigenvalue weighted by Crippen LogP contribution is -2.23. The van der Waals surface area contributed by atoms with E-state index in [0.29, 0.717) is 0 Å². The molecule has 1 heteroatoms. The van der Waals surface area contributed by atoms with Crippen molar-refractivity contribution in [2.45, 2.75) is 33.1 Å². The second-order valence-corrected chi connectivity index (χ2v) is 5.27. The van der Waals surface area contributed by atoms with Crippen molar-refractivity contribution in [2.24, 2.45) is 5.92 Å². The predicted octanol–water partition coefficient (Wildman–Crippen LogP) is 3.32. The molecule has 1 aliphatic rings. The summed E-state index contributed by atoms with van der Waals surface area (Å²) in [5.41, 5.74) is 0. The zero-order chi connectivity index (χ0) is 10.7. The summed E-state index contributed by atoms with van der Waals surface area (Å²) < 4.78 is 0. The molecule has 0 saturated carbocycles. The van der Waals surface area contributed by atoms with Crippen LogP contribution in [0, 0.1) is 5.92 Å². The number of unbranched alkanes of at least 4 members (excludes halogenated alkanes) is 1. The zero-order valence-electron chi connectivity index (χ0n) is 9.53. The van der Waals surface area contributed by atoms with E-state index in [0.717, 1.165) is 5.92 Å². The first-order chi connectivity index (χ1) is 7.33. The van der Waals surface area contributed by atoms with Gasteiger partial charge in [0.1, 0.15) is 0 Å². The van der Waals surface area contributed by atoms with Crippen molar-refractivity contribution in [3.8, 4) is 0 Å². The van der Waals surface area contributed by atoms with Crippen molar-refractivity contribution in [1.29, 1.82) is 0 Å². The summed E-state index contributed by atoms with van der Waals surface area (Å²) in [6, 6.07) is 8.77. The molecule has 0 fully saturated rings. The lowest BCUT2D eigenvalue weighted by Gasteiger charge is -2.11. The number of rotatable bonds is 4. The molecule has 1 unspecified atom stereocenters. The largest absolute Gasteiger partial charge is 0.0654 e. The first-order valence-corrected chi connectivity index (χ1v) is 6.79. The minimum Gasteiger partial charge on any atom is -0.0654 e. The van der Waals surface area contributed by atoms with Crippen molar-refractivity contribution in [1.82, 2.24) is 0 Å². The molecule has 0 amide bonds. The molecule has 1 heterocycles. The quantitative estimate of drug-likeness (QED) is 0.679. The van der Waals surface area contributed by atoms with Crippen LogP contribution in [-0.2, 0) is 0 Å². The summed E-state index contributed by atoms with van der Waals surface area (Å²) >= 11 is 0. The molecule has 1 aliphatic heterocycles. The van der Waals surface area contributed by atoms with E-state index in [4.69, 9.17) is 0 Å². The Morgan fingerprint density at radius 1 is 1.27 bits per heavy atom. The molecule has 79 valence electrons. The van der Waals surface area contributed by atoms with E-state index in [1.807, 2.05) is 0 Å². The molecule has 15 heavy (non-hydrogen) atoms. The highest BCUT2D eigenvalue weighted by Crippen LogP contribution is 2.36. The Balaban J connectivity index is 2.29. The van der Waals surface area contributed by atoms with Crippen LogP contribution in [0.25, 0.3) is 11.1 Å². The van der Waals surface area contributed by atoms with Gasteiger partial charge in [-0.05, 0) is 42.5 Å². The first kappa shape index (κ1) is 10.9. The first-order valence-electron chi connectivity index (χ1n) is 5.83. The smallest absolute Gasteiger partial charge is 0.0137 e. The standard InChI is InChI=1S/C14H18P/c1-3-4-7-11(2)14-13-9-6-5-8-12(13)10-15-14/h5-6,8-11H,3-4,7H2,1-2H3. The van der Waals surface area contributed by atoms with Crippen molar-refractivity contribution >= 4 is 19.7 Å². The fraction of sp³-hybridized carbons (Fsp3) is 0.429. The molecule has 1 aromatic rings.